The fraction of sp³-hybridized carbons (Fsp3) is 0.227. The smallest absolute Gasteiger partial charge is 0.341 e. The van der Waals surface area contributed by atoms with Gasteiger partial charge in [-0.3, -0.25) is 9.59 Å². The van der Waals surface area contributed by atoms with E-state index in [1.54, 1.807) is 38.1 Å². The number of nitrogens with one attached hydrogen (secondary N) is 1. The van der Waals surface area contributed by atoms with Gasteiger partial charge in [-0.2, -0.15) is 0 Å². The van der Waals surface area contributed by atoms with Crippen LogP contribution in [0, 0.1) is 6.92 Å². The number of rotatable bonds is 8. The third kappa shape index (κ3) is 5.40. The number of halogens is 2. The summed E-state index contributed by atoms with van der Waals surface area (Å²) in [6, 6.07) is 8.31. The van der Waals surface area contributed by atoms with Gasteiger partial charge in [-0.25, -0.2) is 4.79 Å². The van der Waals surface area contributed by atoms with Crippen molar-refractivity contribution in [3.05, 3.63) is 67.4 Å². The normalized spacial score (nSPS) is 10.7. The van der Waals surface area contributed by atoms with E-state index >= 15 is 0 Å². The van der Waals surface area contributed by atoms with E-state index in [-0.39, 0.29) is 35.3 Å². The van der Waals surface area contributed by atoms with Crippen LogP contribution in [-0.4, -0.2) is 24.3 Å². The number of ether oxygens (including phenoxy) is 2. The second-order valence-corrected chi connectivity index (χ2v) is 8.96. The third-order valence-electron chi connectivity index (χ3n) is 4.32. The summed E-state index contributed by atoms with van der Waals surface area (Å²) >= 11 is 10.5. The first kappa shape index (κ1) is 24.0. The van der Waals surface area contributed by atoms with Crippen molar-refractivity contribution in [1.82, 2.24) is 0 Å². The molecule has 168 valence electrons. The first-order chi connectivity index (χ1) is 15.2. The lowest BCUT2D eigenvalue weighted by molar-refractivity contribution is 0.0527. The van der Waals surface area contributed by atoms with Crippen molar-refractivity contribution in [2.45, 2.75) is 27.4 Å². The van der Waals surface area contributed by atoms with Gasteiger partial charge in [-0.1, -0.05) is 27.5 Å². The highest BCUT2D eigenvalue weighted by Gasteiger charge is 2.26. The molecule has 0 fully saturated rings. The molecule has 0 bridgehead atoms. The van der Waals surface area contributed by atoms with Gasteiger partial charge in [0.05, 0.1) is 22.1 Å². The summed E-state index contributed by atoms with van der Waals surface area (Å²) in [5.74, 6) is -0.476. The Morgan fingerprint density at radius 3 is 2.62 bits per heavy atom. The lowest BCUT2D eigenvalue weighted by atomic mass is 10.1. The van der Waals surface area contributed by atoms with Gasteiger partial charge in [0, 0.05) is 4.47 Å². The molecule has 32 heavy (non-hydrogen) atoms. The monoisotopic (exact) mass is 539 g/mol. The summed E-state index contributed by atoms with van der Waals surface area (Å²) in [5.41, 5.74) is 0.631. The van der Waals surface area contributed by atoms with Crippen LogP contribution in [0.5, 0.6) is 5.75 Å². The zero-order chi connectivity index (χ0) is 23.4. The van der Waals surface area contributed by atoms with E-state index in [2.05, 4.69) is 21.2 Å². The van der Waals surface area contributed by atoms with Crippen molar-refractivity contribution in [3.63, 3.8) is 0 Å². The molecule has 10 heteroatoms. The minimum atomic E-state index is -0.607. The van der Waals surface area contributed by atoms with Crippen LogP contribution in [0.2, 0.25) is 5.02 Å². The molecule has 1 N–H and O–H groups in total. The number of benzene rings is 1. The van der Waals surface area contributed by atoms with E-state index in [0.29, 0.717) is 27.0 Å². The molecular formula is C22H19BrClNO6S. The topological polar surface area (TPSA) is 94.8 Å². The molecule has 0 radical (unpaired) electrons. The van der Waals surface area contributed by atoms with Crippen LogP contribution in [0.3, 0.4) is 0 Å². The maximum Gasteiger partial charge on any atom is 0.341 e. The van der Waals surface area contributed by atoms with E-state index in [4.69, 9.17) is 25.5 Å². The summed E-state index contributed by atoms with van der Waals surface area (Å²) in [6.07, 6.45) is 0. The van der Waals surface area contributed by atoms with Gasteiger partial charge in [0.1, 0.15) is 23.1 Å². The van der Waals surface area contributed by atoms with E-state index in [1.807, 2.05) is 0 Å². The lowest BCUT2D eigenvalue weighted by Crippen LogP contribution is -2.14. The minimum absolute atomic E-state index is 0.0238. The highest BCUT2D eigenvalue weighted by molar-refractivity contribution is 9.10. The highest BCUT2D eigenvalue weighted by atomic mass is 79.9. The van der Waals surface area contributed by atoms with Crippen LogP contribution in [-0.2, 0) is 11.3 Å². The zero-order valence-corrected chi connectivity index (χ0v) is 20.6. The van der Waals surface area contributed by atoms with Crippen molar-refractivity contribution in [1.29, 1.82) is 0 Å². The standard InChI is InChI=1S/C22H19BrClNO6S/c1-4-29-22(28)18-11(2)19(12(3)26)32-21(18)25-20(27)17-8-6-14(31-17)10-30-16-7-5-13(23)9-15(16)24/h5-9H,4,10H2,1-3H3,(H,25,27). The van der Waals surface area contributed by atoms with Gasteiger partial charge in [-0.05, 0) is 56.7 Å². The van der Waals surface area contributed by atoms with Gasteiger partial charge in [0.15, 0.2) is 11.5 Å². The third-order valence-corrected chi connectivity index (χ3v) is 6.42. The van der Waals surface area contributed by atoms with E-state index in [0.717, 1.165) is 15.8 Å². The first-order valence-corrected chi connectivity index (χ1v) is 11.5. The predicted octanol–water partition coefficient (Wildman–Crippen LogP) is 6.28. The fourth-order valence-electron chi connectivity index (χ4n) is 2.87. The number of hydrogen-bond donors (Lipinski definition) is 1. The zero-order valence-electron chi connectivity index (χ0n) is 17.4. The molecule has 1 amide bonds. The molecule has 0 aliphatic rings. The molecule has 0 saturated carbocycles. The quantitative estimate of drug-likeness (QED) is 0.267. The Kier molecular flexibility index (Phi) is 7.76. The summed E-state index contributed by atoms with van der Waals surface area (Å²) in [4.78, 5) is 37.4. The number of thiophene rings is 1. The molecule has 0 aliphatic heterocycles. The molecule has 3 rings (SSSR count). The largest absolute Gasteiger partial charge is 0.484 e. The Morgan fingerprint density at radius 1 is 1.22 bits per heavy atom. The van der Waals surface area contributed by atoms with Crippen molar-refractivity contribution in [2.75, 3.05) is 11.9 Å². The number of ketones is 1. The van der Waals surface area contributed by atoms with Crippen molar-refractivity contribution in [3.8, 4) is 5.75 Å². The molecule has 2 aromatic heterocycles. The predicted molar refractivity (Wildman–Crippen MR) is 125 cm³/mol. The number of carbonyl (C=O) groups is 3. The van der Waals surface area contributed by atoms with Crippen LogP contribution in [0.25, 0.3) is 0 Å². The number of Topliss-reactive ketones (excluding diaryl/α,β-unsaturated/α-hetero) is 1. The van der Waals surface area contributed by atoms with Crippen molar-refractivity contribution in [2.24, 2.45) is 0 Å². The van der Waals surface area contributed by atoms with Gasteiger partial charge >= 0.3 is 5.97 Å². The number of anilines is 1. The van der Waals surface area contributed by atoms with E-state index < -0.39 is 11.9 Å². The second kappa shape index (κ2) is 10.3. The van der Waals surface area contributed by atoms with E-state index in [1.165, 1.54) is 13.0 Å². The summed E-state index contributed by atoms with van der Waals surface area (Å²) in [6.45, 7) is 4.95. The maximum atomic E-state index is 12.7. The Morgan fingerprint density at radius 2 is 1.97 bits per heavy atom. The molecule has 0 saturated heterocycles. The van der Waals surface area contributed by atoms with Crippen LogP contribution in [0.4, 0.5) is 5.00 Å². The Balaban J connectivity index is 1.75. The molecular weight excluding hydrogens is 522 g/mol. The first-order valence-electron chi connectivity index (χ1n) is 9.50. The molecule has 0 unspecified atom stereocenters. The average Bonchev–Trinajstić information content (AvgIpc) is 3.32. The fourth-order valence-corrected chi connectivity index (χ4v) is 4.68. The second-order valence-electron chi connectivity index (χ2n) is 6.62. The SMILES string of the molecule is CCOC(=O)c1c(NC(=O)c2ccc(COc3ccc(Br)cc3Cl)o2)sc(C(C)=O)c1C. The molecule has 3 aromatic rings. The summed E-state index contributed by atoms with van der Waals surface area (Å²) in [5, 5.41) is 3.31. The minimum Gasteiger partial charge on any atom is -0.484 e. The summed E-state index contributed by atoms with van der Waals surface area (Å²) in [7, 11) is 0. The van der Waals surface area contributed by atoms with Gasteiger partial charge in [0.2, 0.25) is 0 Å². The molecule has 7 nitrogen and oxygen atoms in total. The molecule has 0 atom stereocenters. The van der Waals surface area contributed by atoms with Gasteiger partial charge in [0.25, 0.3) is 5.91 Å². The Labute approximate surface area is 201 Å². The van der Waals surface area contributed by atoms with Crippen LogP contribution in [0.15, 0.2) is 39.2 Å². The molecule has 0 spiro atoms. The Hall–Kier alpha value is -2.62. The number of amides is 1. The Bertz CT molecular complexity index is 1190. The number of carbonyl (C=O) groups excluding carboxylic acids is 3. The lowest BCUT2D eigenvalue weighted by Gasteiger charge is -2.07. The van der Waals surface area contributed by atoms with Gasteiger partial charge < -0.3 is 19.2 Å². The van der Waals surface area contributed by atoms with Crippen LogP contribution < -0.4 is 10.1 Å². The molecule has 0 aliphatic carbocycles. The molecule has 1 aromatic carbocycles. The summed E-state index contributed by atoms with van der Waals surface area (Å²) < 4.78 is 17.1. The van der Waals surface area contributed by atoms with Crippen LogP contribution >= 0.6 is 38.9 Å². The highest BCUT2D eigenvalue weighted by Crippen LogP contribution is 2.34. The van der Waals surface area contributed by atoms with Crippen molar-refractivity contribution >= 4 is 61.5 Å². The molecule has 2 heterocycles. The van der Waals surface area contributed by atoms with E-state index in [9.17, 15) is 14.4 Å². The number of furan rings is 1. The number of esters is 1. The van der Waals surface area contributed by atoms with Crippen molar-refractivity contribution < 1.29 is 28.3 Å². The number of hydrogen-bond acceptors (Lipinski definition) is 7. The average molecular weight is 541 g/mol. The maximum absolute atomic E-state index is 12.7. The van der Waals surface area contributed by atoms with Gasteiger partial charge in [-0.15, -0.1) is 11.3 Å². The van der Waals surface area contributed by atoms with Crippen LogP contribution in [0.1, 0.15) is 55.8 Å².